The fourth-order valence-corrected chi connectivity index (χ4v) is 2.12. The van der Waals surface area contributed by atoms with E-state index in [0.717, 1.165) is 22.3 Å². The van der Waals surface area contributed by atoms with Crippen LogP contribution in [0.15, 0.2) is 36.9 Å². The number of fused-ring (bicyclic) bond motifs is 1. The van der Waals surface area contributed by atoms with Gasteiger partial charge >= 0.3 is 5.97 Å². The predicted molar refractivity (Wildman–Crippen MR) is 76.4 cm³/mol. The molecule has 1 aromatic carbocycles. The number of aliphatic carboxylic acids is 1. The fraction of sp³-hybridized carbons (Fsp3) is 0.143. The molecule has 0 unspecified atom stereocenters. The lowest BCUT2D eigenvalue weighted by atomic mass is 10.0. The van der Waals surface area contributed by atoms with Crippen molar-refractivity contribution in [3.05, 3.63) is 42.5 Å². The van der Waals surface area contributed by atoms with E-state index in [9.17, 15) is 4.79 Å². The maximum absolute atomic E-state index is 10.8. The lowest BCUT2D eigenvalue weighted by Gasteiger charge is -2.07. The number of carbonyl (C=O) groups is 1. The molecule has 0 fully saturated rings. The summed E-state index contributed by atoms with van der Waals surface area (Å²) in [6.45, 7) is 0. The Bertz CT molecular complexity index is 781. The van der Waals surface area contributed by atoms with Gasteiger partial charge in [-0.3, -0.25) is 4.79 Å². The number of nitrogens with one attached hydrogen (secondary N) is 1. The van der Waals surface area contributed by atoms with Gasteiger partial charge in [0.1, 0.15) is 17.9 Å². The van der Waals surface area contributed by atoms with Crippen molar-refractivity contribution in [3.8, 4) is 11.3 Å². The van der Waals surface area contributed by atoms with E-state index in [1.807, 2.05) is 24.3 Å². The Hall–Kier alpha value is -2.80. The number of nitrogens with zero attached hydrogens (tertiary/aromatic N) is 3. The Balaban J connectivity index is 1.90. The Labute approximate surface area is 119 Å². The van der Waals surface area contributed by atoms with Gasteiger partial charge in [-0.2, -0.15) is 0 Å². The summed E-state index contributed by atoms with van der Waals surface area (Å²) in [6.07, 6.45) is 3.33. The molecule has 0 bridgehead atoms. The maximum Gasteiger partial charge on any atom is 0.320 e. The number of hydrogen-bond acceptors (Lipinski definition) is 5. The average molecular weight is 283 g/mol. The zero-order valence-corrected chi connectivity index (χ0v) is 11.0. The lowest BCUT2D eigenvalue weighted by Crippen LogP contribution is -2.32. The van der Waals surface area contributed by atoms with Crippen LogP contribution in [0, 0.1) is 0 Å². The Morgan fingerprint density at radius 2 is 2.00 bits per heavy atom. The van der Waals surface area contributed by atoms with Gasteiger partial charge < -0.3 is 15.8 Å². The van der Waals surface area contributed by atoms with Crippen LogP contribution in [0.25, 0.3) is 22.4 Å². The average Bonchev–Trinajstić information content (AvgIpc) is 2.96. The van der Waals surface area contributed by atoms with Crippen molar-refractivity contribution in [2.45, 2.75) is 12.5 Å². The fourth-order valence-electron chi connectivity index (χ4n) is 2.12. The highest BCUT2D eigenvalue weighted by atomic mass is 16.4. The van der Waals surface area contributed by atoms with Crippen molar-refractivity contribution in [2.24, 2.45) is 5.73 Å². The molecule has 0 radical (unpaired) electrons. The first-order chi connectivity index (χ1) is 10.1. The van der Waals surface area contributed by atoms with Gasteiger partial charge in [0.05, 0.1) is 12.0 Å². The second kappa shape index (κ2) is 5.29. The maximum atomic E-state index is 10.8. The van der Waals surface area contributed by atoms with Crippen LogP contribution in [0.1, 0.15) is 5.56 Å². The molecule has 3 rings (SSSR count). The highest BCUT2D eigenvalue weighted by Gasteiger charge is 2.13. The van der Waals surface area contributed by atoms with Crippen LogP contribution in [0.3, 0.4) is 0 Å². The molecule has 21 heavy (non-hydrogen) atoms. The third kappa shape index (κ3) is 2.59. The normalized spacial score (nSPS) is 12.4. The Morgan fingerprint density at radius 3 is 2.71 bits per heavy atom. The highest BCUT2D eigenvalue weighted by molar-refractivity contribution is 5.86. The molecule has 0 saturated carbocycles. The summed E-state index contributed by atoms with van der Waals surface area (Å²) in [5, 5.41) is 8.82. The molecule has 2 heterocycles. The molecule has 0 saturated heterocycles. The number of rotatable bonds is 4. The van der Waals surface area contributed by atoms with Crippen LogP contribution in [-0.2, 0) is 11.2 Å². The van der Waals surface area contributed by atoms with Gasteiger partial charge in [0.2, 0.25) is 0 Å². The van der Waals surface area contributed by atoms with E-state index in [-0.39, 0.29) is 0 Å². The van der Waals surface area contributed by atoms with E-state index in [4.69, 9.17) is 10.8 Å². The Kier molecular flexibility index (Phi) is 3.33. The molecular weight excluding hydrogens is 270 g/mol. The number of H-pyrrole nitrogens is 1. The SMILES string of the molecule is N[C@@H](Cc1ccc(-c2ncnc3nc[nH]c23)cc1)C(=O)O. The smallest absolute Gasteiger partial charge is 0.320 e. The molecule has 7 nitrogen and oxygen atoms in total. The molecule has 0 amide bonds. The van der Waals surface area contributed by atoms with E-state index >= 15 is 0 Å². The molecule has 0 aliphatic carbocycles. The van der Waals surface area contributed by atoms with E-state index in [2.05, 4.69) is 19.9 Å². The summed E-state index contributed by atoms with van der Waals surface area (Å²) in [5.74, 6) is -1.01. The number of imidazole rings is 1. The molecule has 2 aromatic heterocycles. The summed E-state index contributed by atoms with van der Waals surface area (Å²) in [4.78, 5) is 26.2. The van der Waals surface area contributed by atoms with Crippen molar-refractivity contribution in [1.82, 2.24) is 19.9 Å². The third-order valence-electron chi connectivity index (χ3n) is 3.22. The number of hydrogen-bond donors (Lipinski definition) is 3. The number of aromatic amines is 1. The summed E-state index contributed by atoms with van der Waals surface area (Å²) in [5.41, 5.74) is 9.43. The third-order valence-corrected chi connectivity index (χ3v) is 3.22. The number of benzene rings is 1. The number of aromatic nitrogens is 4. The molecule has 0 aliphatic rings. The summed E-state index contributed by atoms with van der Waals surface area (Å²) in [6, 6.07) is 6.57. The number of nitrogens with two attached hydrogens (primary N) is 1. The zero-order chi connectivity index (χ0) is 14.8. The van der Waals surface area contributed by atoms with Crippen LogP contribution in [0.5, 0.6) is 0 Å². The van der Waals surface area contributed by atoms with Crippen molar-refractivity contribution in [1.29, 1.82) is 0 Å². The minimum Gasteiger partial charge on any atom is -0.480 e. The van der Waals surface area contributed by atoms with Crippen LogP contribution < -0.4 is 5.73 Å². The van der Waals surface area contributed by atoms with Gasteiger partial charge in [0.15, 0.2) is 5.65 Å². The van der Waals surface area contributed by atoms with Crippen molar-refractivity contribution >= 4 is 17.1 Å². The topological polar surface area (TPSA) is 118 Å². The first-order valence-electron chi connectivity index (χ1n) is 6.37. The van der Waals surface area contributed by atoms with Crippen molar-refractivity contribution in [2.75, 3.05) is 0 Å². The molecular formula is C14H13N5O2. The molecule has 4 N–H and O–H groups in total. The summed E-state index contributed by atoms with van der Waals surface area (Å²) >= 11 is 0. The van der Waals surface area contributed by atoms with Crippen molar-refractivity contribution < 1.29 is 9.90 Å². The van der Waals surface area contributed by atoms with Crippen LogP contribution in [-0.4, -0.2) is 37.1 Å². The summed E-state index contributed by atoms with van der Waals surface area (Å²) in [7, 11) is 0. The monoisotopic (exact) mass is 283 g/mol. The predicted octanol–water partition coefficient (Wildman–Crippen LogP) is 0.974. The largest absolute Gasteiger partial charge is 0.480 e. The van der Waals surface area contributed by atoms with Gasteiger partial charge in [0.25, 0.3) is 0 Å². The van der Waals surface area contributed by atoms with Crippen LogP contribution in [0.2, 0.25) is 0 Å². The van der Waals surface area contributed by atoms with Gasteiger partial charge in [-0.1, -0.05) is 24.3 Å². The number of carboxylic acid groups (broad SMARTS) is 1. The van der Waals surface area contributed by atoms with E-state index < -0.39 is 12.0 Å². The highest BCUT2D eigenvalue weighted by Crippen LogP contribution is 2.23. The van der Waals surface area contributed by atoms with E-state index in [0.29, 0.717) is 12.1 Å². The lowest BCUT2D eigenvalue weighted by molar-refractivity contribution is -0.138. The Morgan fingerprint density at radius 1 is 1.24 bits per heavy atom. The molecule has 0 aliphatic heterocycles. The van der Waals surface area contributed by atoms with Gasteiger partial charge in [-0.15, -0.1) is 0 Å². The molecule has 3 aromatic rings. The molecule has 7 heteroatoms. The van der Waals surface area contributed by atoms with E-state index in [1.54, 1.807) is 6.33 Å². The second-order valence-corrected chi connectivity index (χ2v) is 4.67. The molecule has 106 valence electrons. The van der Waals surface area contributed by atoms with Gasteiger partial charge in [0, 0.05) is 5.56 Å². The molecule has 1 atom stereocenters. The zero-order valence-electron chi connectivity index (χ0n) is 11.0. The van der Waals surface area contributed by atoms with Crippen LogP contribution in [0.4, 0.5) is 0 Å². The first kappa shape index (κ1) is 13.2. The summed E-state index contributed by atoms with van der Waals surface area (Å²) < 4.78 is 0. The quantitative estimate of drug-likeness (QED) is 0.656. The minimum atomic E-state index is -1.01. The van der Waals surface area contributed by atoms with Crippen molar-refractivity contribution in [3.63, 3.8) is 0 Å². The van der Waals surface area contributed by atoms with E-state index in [1.165, 1.54) is 6.33 Å². The standard InChI is InChI=1S/C14H13N5O2/c15-10(14(20)21)5-8-1-3-9(4-2-8)11-12-13(18-6-16-11)19-7-17-12/h1-4,6-7,10H,5,15H2,(H,20,21)(H,16,17,18,19)/t10-/m0/s1. The molecule has 0 spiro atoms. The second-order valence-electron chi connectivity index (χ2n) is 4.67. The van der Waals surface area contributed by atoms with Crippen LogP contribution >= 0.6 is 0 Å². The van der Waals surface area contributed by atoms with Gasteiger partial charge in [-0.05, 0) is 12.0 Å². The number of carboxylic acids is 1. The minimum absolute atomic E-state index is 0.291. The van der Waals surface area contributed by atoms with Gasteiger partial charge in [-0.25, -0.2) is 15.0 Å². The first-order valence-corrected chi connectivity index (χ1v) is 6.37.